The van der Waals surface area contributed by atoms with Gasteiger partial charge >= 0.3 is 5.97 Å². The number of Topliss-reactive ketones (excluding diaryl/α,β-unsaturated/α-hetero) is 1. The number of ether oxygens (including phenoxy) is 3. The van der Waals surface area contributed by atoms with Gasteiger partial charge in [-0.2, -0.15) is 0 Å². The van der Waals surface area contributed by atoms with Crippen LogP contribution in [-0.2, 0) is 30.4 Å². The minimum absolute atomic E-state index is 0.0736. The van der Waals surface area contributed by atoms with Crippen LogP contribution in [0.4, 0.5) is 0 Å². The van der Waals surface area contributed by atoms with E-state index in [4.69, 9.17) is 14.2 Å². The Morgan fingerprint density at radius 1 is 1.26 bits per heavy atom. The summed E-state index contributed by atoms with van der Waals surface area (Å²) in [5, 5.41) is 0. The van der Waals surface area contributed by atoms with E-state index in [-0.39, 0.29) is 30.2 Å². The van der Waals surface area contributed by atoms with Crippen molar-refractivity contribution in [2.24, 2.45) is 28.1 Å². The Morgan fingerprint density at radius 3 is 2.71 bits per heavy atom. The molecule has 6 atom stereocenters. The molecule has 6 rings (SSSR count). The fourth-order valence-electron chi connectivity index (χ4n) is 7.14. The van der Waals surface area contributed by atoms with Crippen LogP contribution in [0.25, 0.3) is 0 Å². The van der Waals surface area contributed by atoms with Gasteiger partial charge in [-0.05, 0) is 30.7 Å². The molecule has 1 aromatic carbocycles. The normalized spacial score (nSPS) is 41.1. The molecule has 4 bridgehead atoms. The third kappa shape index (κ3) is 2.45. The molecular formula is C26H32O5. The van der Waals surface area contributed by atoms with Gasteiger partial charge < -0.3 is 14.2 Å². The molecule has 5 heteroatoms. The number of hydrogen-bond donors (Lipinski definition) is 0. The molecule has 5 fully saturated rings. The summed E-state index contributed by atoms with van der Waals surface area (Å²) in [6.45, 7) is 11.1. The van der Waals surface area contributed by atoms with Crippen molar-refractivity contribution in [3.8, 4) is 0 Å². The Morgan fingerprint density at radius 2 is 2.00 bits per heavy atom. The lowest BCUT2D eigenvalue weighted by molar-refractivity contribution is -0.228. The number of fused-ring (bicyclic) bond motifs is 2. The van der Waals surface area contributed by atoms with Crippen LogP contribution in [0.2, 0.25) is 0 Å². The van der Waals surface area contributed by atoms with Crippen LogP contribution in [0.1, 0.15) is 45.6 Å². The van der Waals surface area contributed by atoms with Gasteiger partial charge in [0.1, 0.15) is 12.4 Å². The van der Waals surface area contributed by atoms with E-state index in [1.807, 2.05) is 43.3 Å². The van der Waals surface area contributed by atoms with Gasteiger partial charge in [0.2, 0.25) is 0 Å². The predicted octanol–water partition coefficient (Wildman–Crippen LogP) is 4.10. The molecule has 2 heterocycles. The smallest absolute Gasteiger partial charge is 0.339 e. The van der Waals surface area contributed by atoms with Gasteiger partial charge in [0.05, 0.1) is 30.1 Å². The molecule has 0 amide bonds. The monoisotopic (exact) mass is 424 g/mol. The average molecular weight is 425 g/mol. The molecule has 31 heavy (non-hydrogen) atoms. The Kier molecular flexibility index (Phi) is 4.56. The van der Waals surface area contributed by atoms with Gasteiger partial charge in [0.25, 0.3) is 0 Å². The largest absolute Gasteiger partial charge is 0.463 e. The molecule has 1 spiro atoms. The van der Waals surface area contributed by atoms with E-state index in [0.29, 0.717) is 26.1 Å². The van der Waals surface area contributed by atoms with Gasteiger partial charge in [-0.15, -0.1) is 6.58 Å². The molecule has 0 N–H and O–H groups in total. The van der Waals surface area contributed by atoms with Gasteiger partial charge in [0.15, 0.2) is 5.60 Å². The summed E-state index contributed by atoms with van der Waals surface area (Å²) in [7, 11) is 0. The van der Waals surface area contributed by atoms with E-state index in [1.165, 1.54) is 0 Å². The summed E-state index contributed by atoms with van der Waals surface area (Å²) in [5.41, 5.74) is -2.21. The summed E-state index contributed by atoms with van der Waals surface area (Å²) in [5.74, 6) is -0.111. The highest BCUT2D eigenvalue weighted by Gasteiger charge is 2.86. The minimum atomic E-state index is -1.20. The first-order valence-corrected chi connectivity index (χ1v) is 11.4. The Hall–Kier alpha value is -1.98. The van der Waals surface area contributed by atoms with Crippen LogP contribution >= 0.6 is 0 Å². The number of rotatable bonds is 6. The number of hydrogen-bond acceptors (Lipinski definition) is 5. The van der Waals surface area contributed by atoms with E-state index < -0.39 is 27.9 Å². The van der Waals surface area contributed by atoms with Gasteiger partial charge in [-0.1, -0.05) is 57.2 Å². The molecule has 5 nitrogen and oxygen atoms in total. The summed E-state index contributed by atoms with van der Waals surface area (Å²) in [4.78, 5) is 27.3. The lowest BCUT2D eigenvalue weighted by atomic mass is 9.40. The lowest BCUT2D eigenvalue weighted by Crippen LogP contribution is -2.74. The number of cyclic esters (lactones) is 1. The first-order valence-electron chi connectivity index (χ1n) is 11.4. The summed E-state index contributed by atoms with van der Waals surface area (Å²) < 4.78 is 18.9. The van der Waals surface area contributed by atoms with Gasteiger partial charge in [-0.3, -0.25) is 4.79 Å². The minimum Gasteiger partial charge on any atom is -0.463 e. The zero-order valence-corrected chi connectivity index (χ0v) is 18.7. The highest BCUT2D eigenvalue weighted by molar-refractivity contribution is 6.00. The first-order chi connectivity index (χ1) is 14.7. The number of esters is 1. The second kappa shape index (κ2) is 6.76. The highest BCUT2D eigenvalue weighted by Crippen LogP contribution is 2.74. The SMILES string of the molecule is C=CC(C)(C)[C@@H]1O[C@@]23C[C@@H]4CC[C@]2(C(=O)[C@H]4C)[C@]1(COCc1ccccc1)COC3=O. The maximum atomic E-state index is 14.0. The second-order valence-corrected chi connectivity index (χ2v) is 10.6. The first kappa shape index (κ1) is 20.9. The fraction of sp³-hybridized carbons (Fsp3) is 0.615. The molecule has 0 aromatic heterocycles. The number of carbonyl (C=O) groups excluding carboxylic acids is 2. The Labute approximate surface area is 184 Å². The topological polar surface area (TPSA) is 61.8 Å². The van der Waals surface area contributed by atoms with Crippen molar-refractivity contribution in [3.05, 3.63) is 48.6 Å². The predicted molar refractivity (Wildman–Crippen MR) is 115 cm³/mol. The standard InChI is InChI=1S/C26H32O5/c1-5-23(3,4)21-24(15-29-14-18-9-7-6-8-10-18)16-30-22(28)26(31-21)13-19-11-12-25(24,26)20(27)17(19)2/h5-10,17,19,21H,1,11-16H2,2-4H3/t17-,19-,21-,24+,25-,26+/m0/s1. The summed E-state index contributed by atoms with van der Waals surface area (Å²) >= 11 is 0. The maximum absolute atomic E-state index is 14.0. The fourth-order valence-corrected chi connectivity index (χ4v) is 7.14. The van der Waals surface area contributed by atoms with Crippen LogP contribution < -0.4 is 0 Å². The molecule has 5 aliphatic rings. The number of benzene rings is 1. The molecule has 2 saturated heterocycles. The molecule has 2 aliphatic heterocycles. The molecule has 0 unspecified atom stereocenters. The van der Waals surface area contributed by atoms with Crippen molar-refractivity contribution in [1.29, 1.82) is 0 Å². The summed E-state index contributed by atoms with van der Waals surface area (Å²) in [6, 6.07) is 10.00. The quantitative estimate of drug-likeness (QED) is 0.508. The number of ketones is 1. The second-order valence-electron chi connectivity index (χ2n) is 10.6. The van der Waals surface area contributed by atoms with Crippen molar-refractivity contribution < 1.29 is 23.8 Å². The van der Waals surface area contributed by atoms with Crippen molar-refractivity contribution in [2.75, 3.05) is 13.2 Å². The van der Waals surface area contributed by atoms with Crippen LogP contribution in [0.5, 0.6) is 0 Å². The number of carbonyl (C=O) groups is 2. The van der Waals surface area contributed by atoms with Crippen molar-refractivity contribution in [3.63, 3.8) is 0 Å². The molecule has 3 aliphatic carbocycles. The zero-order chi connectivity index (χ0) is 22.1. The van der Waals surface area contributed by atoms with E-state index in [0.717, 1.165) is 12.0 Å². The van der Waals surface area contributed by atoms with Crippen molar-refractivity contribution in [1.82, 2.24) is 0 Å². The van der Waals surface area contributed by atoms with E-state index >= 15 is 0 Å². The average Bonchev–Trinajstić information content (AvgIpc) is 2.98. The Bertz CT molecular complexity index is 923. The highest BCUT2D eigenvalue weighted by atomic mass is 16.6. The van der Waals surface area contributed by atoms with Crippen LogP contribution in [-0.4, -0.2) is 36.7 Å². The summed E-state index contributed by atoms with van der Waals surface area (Å²) in [6.07, 6.45) is 3.64. The van der Waals surface area contributed by atoms with E-state index in [2.05, 4.69) is 20.4 Å². The van der Waals surface area contributed by atoms with Crippen molar-refractivity contribution >= 4 is 11.8 Å². The van der Waals surface area contributed by atoms with Gasteiger partial charge in [-0.25, -0.2) is 4.79 Å². The molecule has 1 aromatic rings. The lowest BCUT2D eigenvalue weighted by Gasteiger charge is -2.61. The van der Waals surface area contributed by atoms with Crippen LogP contribution in [0, 0.1) is 28.1 Å². The van der Waals surface area contributed by atoms with Crippen LogP contribution in [0.15, 0.2) is 43.0 Å². The third-order valence-corrected chi connectivity index (χ3v) is 8.80. The molecule has 3 saturated carbocycles. The molecular weight excluding hydrogens is 392 g/mol. The third-order valence-electron chi connectivity index (χ3n) is 8.80. The van der Waals surface area contributed by atoms with Crippen LogP contribution in [0.3, 0.4) is 0 Å². The molecule has 0 radical (unpaired) electrons. The molecule has 166 valence electrons. The van der Waals surface area contributed by atoms with Crippen molar-refractivity contribution in [2.45, 2.75) is 58.3 Å². The maximum Gasteiger partial charge on any atom is 0.339 e. The van der Waals surface area contributed by atoms with E-state index in [1.54, 1.807) is 0 Å². The van der Waals surface area contributed by atoms with E-state index in [9.17, 15) is 9.59 Å². The Balaban J connectivity index is 1.61. The zero-order valence-electron chi connectivity index (χ0n) is 18.7. The van der Waals surface area contributed by atoms with Gasteiger partial charge in [0, 0.05) is 11.3 Å².